The number of amides is 3. The van der Waals surface area contributed by atoms with E-state index in [1.807, 2.05) is 0 Å². The van der Waals surface area contributed by atoms with Crippen LogP contribution < -0.4 is 5.32 Å². The molecule has 1 atom stereocenters. The van der Waals surface area contributed by atoms with E-state index >= 15 is 0 Å². The highest BCUT2D eigenvalue weighted by atomic mass is 16.6. The first-order valence-electron chi connectivity index (χ1n) is 7.11. The Hall–Kier alpha value is -1.79. The highest BCUT2D eigenvalue weighted by Gasteiger charge is 2.38. The minimum absolute atomic E-state index is 0.0198. The van der Waals surface area contributed by atoms with E-state index in [0.29, 0.717) is 13.0 Å². The molecule has 0 radical (unpaired) electrons. The molecular weight excluding hydrogens is 274 g/mol. The Morgan fingerprint density at radius 1 is 1.33 bits per heavy atom. The number of carbonyl (C=O) groups excluding carboxylic acids is 3. The quantitative estimate of drug-likeness (QED) is 0.827. The molecule has 0 aliphatic carbocycles. The van der Waals surface area contributed by atoms with Gasteiger partial charge in [0.15, 0.2) is 0 Å². The zero-order valence-corrected chi connectivity index (χ0v) is 13.4. The van der Waals surface area contributed by atoms with E-state index in [2.05, 4.69) is 5.32 Å². The van der Waals surface area contributed by atoms with Crippen LogP contribution in [0.3, 0.4) is 0 Å². The van der Waals surface area contributed by atoms with Gasteiger partial charge < -0.3 is 15.0 Å². The highest BCUT2D eigenvalue weighted by molar-refractivity contribution is 5.89. The molecule has 1 heterocycles. The molecule has 1 saturated heterocycles. The number of rotatable bonds is 3. The first-order chi connectivity index (χ1) is 9.65. The summed E-state index contributed by atoms with van der Waals surface area (Å²) in [7, 11) is 3.08. The second-order valence-electron chi connectivity index (χ2n) is 6.20. The highest BCUT2D eigenvalue weighted by Crippen LogP contribution is 2.22. The van der Waals surface area contributed by atoms with E-state index < -0.39 is 17.7 Å². The van der Waals surface area contributed by atoms with E-state index in [0.717, 1.165) is 6.42 Å². The molecule has 1 aliphatic heterocycles. The largest absolute Gasteiger partial charge is 0.444 e. The summed E-state index contributed by atoms with van der Waals surface area (Å²) in [5.41, 5.74) is -0.596. The Kier molecular flexibility index (Phi) is 5.57. The standard InChI is InChI=1S/C14H25N3O4/c1-14(2,3)21-13(20)17-8-6-7-10(17)12(19)16(5)9-11(18)15-4/h10H,6-9H2,1-5H3,(H,15,18)/t10-/m0/s1. The third kappa shape index (κ3) is 4.91. The van der Waals surface area contributed by atoms with Crippen molar-refractivity contribution in [3.8, 4) is 0 Å². The summed E-state index contributed by atoms with van der Waals surface area (Å²) in [6.45, 7) is 5.84. The molecule has 1 rings (SSSR count). The molecule has 1 N–H and O–H groups in total. The van der Waals surface area contributed by atoms with Crippen LogP contribution in [0.5, 0.6) is 0 Å². The Labute approximate surface area is 125 Å². The lowest BCUT2D eigenvalue weighted by Crippen LogP contribution is -2.49. The average molecular weight is 299 g/mol. The molecule has 1 aliphatic rings. The molecule has 3 amide bonds. The van der Waals surface area contributed by atoms with Crippen molar-refractivity contribution in [3.05, 3.63) is 0 Å². The molecule has 0 aromatic rings. The zero-order valence-electron chi connectivity index (χ0n) is 13.4. The maximum atomic E-state index is 12.4. The summed E-state index contributed by atoms with van der Waals surface area (Å²) in [6, 6.07) is -0.547. The van der Waals surface area contributed by atoms with Gasteiger partial charge in [-0.3, -0.25) is 14.5 Å². The molecular formula is C14H25N3O4. The minimum atomic E-state index is -0.596. The van der Waals surface area contributed by atoms with Crippen molar-refractivity contribution in [1.29, 1.82) is 0 Å². The Balaban J connectivity index is 2.70. The molecule has 0 spiro atoms. The fourth-order valence-corrected chi connectivity index (χ4v) is 2.19. The lowest BCUT2D eigenvalue weighted by molar-refractivity contribution is -0.138. The smallest absolute Gasteiger partial charge is 0.410 e. The number of nitrogens with zero attached hydrogens (tertiary/aromatic N) is 2. The van der Waals surface area contributed by atoms with Crippen LogP contribution in [0.2, 0.25) is 0 Å². The lowest BCUT2D eigenvalue weighted by Gasteiger charge is -2.30. The summed E-state index contributed by atoms with van der Waals surface area (Å²) in [6.07, 6.45) is 0.867. The third-order valence-corrected chi connectivity index (χ3v) is 3.20. The number of hydrogen-bond acceptors (Lipinski definition) is 4. The van der Waals surface area contributed by atoms with Gasteiger partial charge in [-0.25, -0.2) is 4.79 Å². The van der Waals surface area contributed by atoms with Crippen LogP contribution in [0.1, 0.15) is 33.6 Å². The summed E-state index contributed by atoms with van der Waals surface area (Å²) in [5.74, 6) is -0.477. The Morgan fingerprint density at radius 2 is 1.95 bits per heavy atom. The predicted molar refractivity (Wildman–Crippen MR) is 77.7 cm³/mol. The zero-order chi connectivity index (χ0) is 16.2. The van der Waals surface area contributed by atoms with E-state index in [1.165, 1.54) is 16.8 Å². The fourth-order valence-electron chi connectivity index (χ4n) is 2.19. The van der Waals surface area contributed by atoms with Crippen LogP contribution >= 0.6 is 0 Å². The Morgan fingerprint density at radius 3 is 2.48 bits per heavy atom. The summed E-state index contributed by atoms with van der Waals surface area (Å²) < 4.78 is 5.32. The molecule has 7 heteroatoms. The van der Waals surface area contributed by atoms with Crippen LogP contribution in [0.15, 0.2) is 0 Å². The number of likely N-dealkylation sites (N-methyl/N-ethyl adjacent to an activating group) is 2. The van der Waals surface area contributed by atoms with Gasteiger partial charge in [-0.2, -0.15) is 0 Å². The van der Waals surface area contributed by atoms with E-state index in [-0.39, 0.29) is 18.4 Å². The molecule has 21 heavy (non-hydrogen) atoms. The van der Waals surface area contributed by atoms with Gasteiger partial charge in [-0.05, 0) is 33.6 Å². The molecule has 0 aromatic heterocycles. The van der Waals surface area contributed by atoms with Gasteiger partial charge in [0.2, 0.25) is 11.8 Å². The predicted octanol–water partition coefficient (Wildman–Crippen LogP) is 0.590. The third-order valence-electron chi connectivity index (χ3n) is 3.20. The summed E-state index contributed by atoms with van der Waals surface area (Å²) in [4.78, 5) is 38.6. The number of hydrogen-bond donors (Lipinski definition) is 1. The maximum absolute atomic E-state index is 12.4. The molecule has 0 saturated carbocycles. The van der Waals surface area contributed by atoms with Crippen molar-refractivity contribution in [1.82, 2.24) is 15.1 Å². The van der Waals surface area contributed by atoms with Crippen LogP contribution in [-0.2, 0) is 14.3 Å². The van der Waals surface area contributed by atoms with Crippen molar-refractivity contribution < 1.29 is 19.1 Å². The van der Waals surface area contributed by atoms with Gasteiger partial charge in [-0.1, -0.05) is 0 Å². The van der Waals surface area contributed by atoms with Crippen LogP contribution in [-0.4, -0.2) is 66.5 Å². The number of likely N-dealkylation sites (tertiary alicyclic amines) is 1. The monoisotopic (exact) mass is 299 g/mol. The first-order valence-corrected chi connectivity index (χ1v) is 7.11. The Bertz CT molecular complexity index is 417. The van der Waals surface area contributed by atoms with Gasteiger partial charge in [0, 0.05) is 20.6 Å². The molecule has 0 bridgehead atoms. The number of nitrogens with one attached hydrogen (secondary N) is 1. The normalized spacial score (nSPS) is 18.3. The maximum Gasteiger partial charge on any atom is 0.410 e. The molecule has 0 unspecified atom stereocenters. The second kappa shape index (κ2) is 6.78. The van der Waals surface area contributed by atoms with E-state index in [9.17, 15) is 14.4 Å². The number of ether oxygens (including phenoxy) is 1. The van der Waals surface area contributed by atoms with Crippen molar-refractivity contribution in [2.45, 2.75) is 45.3 Å². The van der Waals surface area contributed by atoms with Crippen molar-refractivity contribution in [2.75, 3.05) is 27.2 Å². The van der Waals surface area contributed by atoms with Crippen LogP contribution in [0, 0.1) is 0 Å². The number of carbonyl (C=O) groups is 3. The van der Waals surface area contributed by atoms with Gasteiger partial charge in [0.25, 0.3) is 0 Å². The van der Waals surface area contributed by atoms with Crippen molar-refractivity contribution in [3.63, 3.8) is 0 Å². The van der Waals surface area contributed by atoms with Gasteiger partial charge >= 0.3 is 6.09 Å². The molecule has 1 fully saturated rings. The molecule has 7 nitrogen and oxygen atoms in total. The summed E-state index contributed by atoms with van der Waals surface area (Å²) >= 11 is 0. The van der Waals surface area contributed by atoms with Crippen molar-refractivity contribution >= 4 is 17.9 Å². The van der Waals surface area contributed by atoms with Gasteiger partial charge in [0.05, 0.1) is 6.54 Å². The van der Waals surface area contributed by atoms with E-state index in [1.54, 1.807) is 27.8 Å². The molecule has 0 aromatic carbocycles. The SMILES string of the molecule is CNC(=O)CN(C)C(=O)[C@@H]1CCCN1C(=O)OC(C)(C)C. The van der Waals surface area contributed by atoms with E-state index in [4.69, 9.17) is 4.74 Å². The topological polar surface area (TPSA) is 79.0 Å². The fraction of sp³-hybridized carbons (Fsp3) is 0.786. The minimum Gasteiger partial charge on any atom is -0.444 e. The van der Waals surface area contributed by atoms with Crippen LogP contribution in [0.25, 0.3) is 0 Å². The average Bonchev–Trinajstić information content (AvgIpc) is 2.84. The first kappa shape index (κ1) is 17.3. The van der Waals surface area contributed by atoms with Gasteiger partial charge in [0.1, 0.15) is 11.6 Å². The lowest BCUT2D eigenvalue weighted by atomic mass is 10.2. The molecule has 120 valence electrons. The summed E-state index contributed by atoms with van der Waals surface area (Å²) in [5, 5.41) is 2.47. The van der Waals surface area contributed by atoms with Gasteiger partial charge in [-0.15, -0.1) is 0 Å². The van der Waals surface area contributed by atoms with Crippen LogP contribution in [0.4, 0.5) is 4.79 Å². The second-order valence-corrected chi connectivity index (χ2v) is 6.20. The van der Waals surface area contributed by atoms with Crippen molar-refractivity contribution in [2.24, 2.45) is 0 Å².